The van der Waals surface area contributed by atoms with Crippen LogP contribution in [0.25, 0.3) is 33.6 Å². The Morgan fingerprint density at radius 2 is 1.56 bits per heavy atom. The molecule has 2 aromatic heterocycles. The van der Waals surface area contributed by atoms with E-state index in [4.69, 9.17) is 4.98 Å². The summed E-state index contributed by atoms with van der Waals surface area (Å²) in [5.41, 5.74) is 5.89. The summed E-state index contributed by atoms with van der Waals surface area (Å²) in [6, 6.07) is 25.4. The van der Waals surface area contributed by atoms with Crippen LogP contribution in [0.1, 0.15) is 30.4 Å². The highest BCUT2D eigenvalue weighted by atomic mass is 16.5. The third-order valence-corrected chi connectivity index (χ3v) is 6.19. The van der Waals surface area contributed by atoms with Crippen molar-refractivity contribution in [3.63, 3.8) is 0 Å². The molecule has 3 aromatic carbocycles. The average Bonchev–Trinajstić information content (AvgIpc) is 3.33. The lowest BCUT2D eigenvalue weighted by Crippen LogP contribution is -2.28. The van der Waals surface area contributed by atoms with Gasteiger partial charge in [0.1, 0.15) is 5.82 Å². The van der Waals surface area contributed by atoms with E-state index in [0.29, 0.717) is 17.9 Å². The molecule has 0 aliphatic rings. The van der Waals surface area contributed by atoms with E-state index >= 15 is 0 Å². The number of rotatable bonds is 7. The molecular weight excluding hydrogens is 452 g/mol. The smallest absolute Gasteiger partial charge is 0.296 e. The summed E-state index contributed by atoms with van der Waals surface area (Å²) in [6.07, 6.45) is 1.63. The molecule has 0 saturated carbocycles. The van der Waals surface area contributed by atoms with E-state index in [1.807, 2.05) is 85.8 Å². The molecule has 0 fully saturated rings. The highest BCUT2D eigenvalue weighted by Gasteiger charge is 2.16. The van der Waals surface area contributed by atoms with Crippen molar-refractivity contribution in [2.45, 2.75) is 33.2 Å². The van der Waals surface area contributed by atoms with Crippen LogP contribution in [-0.4, -0.2) is 19.7 Å². The third kappa shape index (κ3) is 4.55. The molecule has 7 heteroatoms. The van der Waals surface area contributed by atoms with Crippen LogP contribution >= 0.6 is 0 Å². The molecule has 0 amide bonds. The van der Waals surface area contributed by atoms with Gasteiger partial charge in [0.2, 0.25) is 0 Å². The highest BCUT2D eigenvalue weighted by Crippen LogP contribution is 2.30. The molecular formula is C29H26N4O3. The Balaban J connectivity index is 1.52. The summed E-state index contributed by atoms with van der Waals surface area (Å²) >= 11 is 0. The van der Waals surface area contributed by atoms with Crippen LogP contribution in [0.4, 0.5) is 0 Å². The van der Waals surface area contributed by atoms with Crippen molar-refractivity contribution in [2.24, 2.45) is 0 Å². The van der Waals surface area contributed by atoms with E-state index in [9.17, 15) is 9.59 Å². The highest BCUT2D eigenvalue weighted by molar-refractivity contribution is 5.80. The lowest BCUT2D eigenvalue weighted by Gasteiger charge is -2.16. The molecule has 5 rings (SSSR count). The van der Waals surface area contributed by atoms with Gasteiger partial charge < -0.3 is 0 Å². The van der Waals surface area contributed by atoms with Crippen LogP contribution in [-0.2, 0) is 13.0 Å². The fourth-order valence-electron chi connectivity index (χ4n) is 4.49. The van der Waals surface area contributed by atoms with Crippen LogP contribution < -0.4 is 11.3 Å². The van der Waals surface area contributed by atoms with Gasteiger partial charge in [0.15, 0.2) is 5.82 Å². The van der Waals surface area contributed by atoms with Gasteiger partial charge in [-0.1, -0.05) is 90.9 Å². The zero-order valence-electron chi connectivity index (χ0n) is 20.2. The topological polar surface area (TPSA) is 93.8 Å². The zero-order valence-corrected chi connectivity index (χ0v) is 20.2. The largest absolute Gasteiger partial charge is 0.439 e. The van der Waals surface area contributed by atoms with Crippen LogP contribution in [0.15, 0.2) is 93.0 Å². The minimum Gasteiger partial charge on any atom is -0.296 e. The maximum absolute atomic E-state index is 13.7. The van der Waals surface area contributed by atoms with E-state index in [-0.39, 0.29) is 5.56 Å². The summed E-state index contributed by atoms with van der Waals surface area (Å²) in [6.45, 7) is 4.42. The number of benzene rings is 3. The van der Waals surface area contributed by atoms with Crippen LogP contribution in [0.5, 0.6) is 0 Å². The minimum absolute atomic E-state index is 0.0263. The van der Waals surface area contributed by atoms with Gasteiger partial charge in [-0.3, -0.25) is 18.9 Å². The standard InChI is InChI=1S/C29H26N4O3/c1-3-9-25-30-19(2)26(22-10-5-4-6-11-22)28(34)33(25)18-20-14-16-21(17-15-20)23-12-7-8-13-24(23)27-31-29(35)36-32-27/h4-8,10-17H,3,9,18H2,1-2H3,(H,31,32,35). The van der Waals surface area contributed by atoms with Crippen LogP contribution in [0.3, 0.4) is 0 Å². The third-order valence-electron chi connectivity index (χ3n) is 6.19. The first-order valence-corrected chi connectivity index (χ1v) is 12.0. The normalized spacial score (nSPS) is 11.1. The van der Waals surface area contributed by atoms with Crippen molar-refractivity contribution in [1.82, 2.24) is 19.7 Å². The first kappa shape index (κ1) is 23.2. The number of hydrogen-bond acceptors (Lipinski definition) is 5. The predicted molar refractivity (Wildman–Crippen MR) is 140 cm³/mol. The lowest BCUT2D eigenvalue weighted by atomic mass is 9.98. The SMILES string of the molecule is CCCc1nc(C)c(-c2ccccc2)c(=O)n1Cc1ccc(-c2ccccc2-c2noc(=O)[nH]2)cc1. The number of aryl methyl sites for hydroxylation is 2. The maximum Gasteiger partial charge on any atom is 0.439 e. The Morgan fingerprint density at radius 1 is 0.861 bits per heavy atom. The second-order valence-corrected chi connectivity index (χ2v) is 8.68. The number of aromatic nitrogens is 4. The Morgan fingerprint density at radius 3 is 2.22 bits per heavy atom. The van der Waals surface area contributed by atoms with Crippen molar-refractivity contribution in [3.05, 3.63) is 117 Å². The van der Waals surface area contributed by atoms with E-state index in [1.165, 1.54) is 0 Å². The van der Waals surface area contributed by atoms with Gasteiger partial charge in [-0.2, -0.15) is 0 Å². The molecule has 0 saturated heterocycles. The molecule has 0 bridgehead atoms. The summed E-state index contributed by atoms with van der Waals surface area (Å²) in [5, 5.41) is 3.83. The number of H-pyrrole nitrogens is 1. The Kier molecular flexibility index (Phi) is 6.45. The monoisotopic (exact) mass is 478 g/mol. The van der Waals surface area contributed by atoms with Gasteiger partial charge in [-0.05, 0) is 35.6 Å². The van der Waals surface area contributed by atoms with E-state index in [0.717, 1.165) is 52.2 Å². The molecule has 0 aliphatic heterocycles. The Bertz CT molecular complexity index is 1610. The molecule has 180 valence electrons. The molecule has 0 aliphatic carbocycles. The van der Waals surface area contributed by atoms with Gasteiger partial charge in [0.05, 0.1) is 17.8 Å². The molecule has 5 aromatic rings. The quantitative estimate of drug-likeness (QED) is 0.346. The molecule has 0 atom stereocenters. The fraction of sp³-hybridized carbons (Fsp3) is 0.172. The van der Waals surface area contributed by atoms with Gasteiger partial charge in [0, 0.05) is 12.0 Å². The van der Waals surface area contributed by atoms with Crippen molar-refractivity contribution in [1.29, 1.82) is 0 Å². The van der Waals surface area contributed by atoms with Crippen molar-refractivity contribution in [2.75, 3.05) is 0 Å². The Labute approximate surface area is 208 Å². The summed E-state index contributed by atoms with van der Waals surface area (Å²) < 4.78 is 6.48. The number of hydrogen-bond donors (Lipinski definition) is 1. The van der Waals surface area contributed by atoms with Gasteiger partial charge in [0.25, 0.3) is 5.56 Å². The minimum atomic E-state index is -0.593. The van der Waals surface area contributed by atoms with E-state index in [2.05, 4.69) is 21.6 Å². The van der Waals surface area contributed by atoms with Gasteiger partial charge in [-0.15, -0.1) is 0 Å². The average molecular weight is 479 g/mol. The molecule has 0 spiro atoms. The Hall–Kier alpha value is -4.52. The molecule has 0 radical (unpaired) electrons. The fourth-order valence-corrected chi connectivity index (χ4v) is 4.49. The summed E-state index contributed by atoms with van der Waals surface area (Å²) in [7, 11) is 0. The van der Waals surface area contributed by atoms with E-state index < -0.39 is 5.76 Å². The predicted octanol–water partition coefficient (Wildman–Crippen LogP) is 5.23. The summed E-state index contributed by atoms with van der Waals surface area (Å²) in [4.78, 5) is 32.6. The van der Waals surface area contributed by atoms with Crippen molar-refractivity contribution >= 4 is 0 Å². The summed E-state index contributed by atoms with van der Waals surface area (Å²) in [5.74, 6) is 0.587. The maximum atomic E-state index is 13.7. The first-order valence-electron chi connectivity index (χ1n) is 12.0. The van der Waals surface area contributed by atoms with E-state index in [1.54, 1.807) is 4.57 Å². The van der Waals surface area contributed by atoms with Gasteiger partial charge >= 0.3 is 5.76 Å². The first-order chi connectivity index (χ1) is 17.5. The second kappa shape index (κ2) is 10.00. The molecule has 7 nitrogen and oxygen atoms in total. The van der Waals surface area contributed by atoms with Crippen LogP contribution in [0.2, 0.25) is 0 Å². The second-order valence-electron chi connectivity index (χ2n) is 8.68. The zero-order chi connectivity index (χ0) is 25.1. The van der Waals surface area contributed by atoms with Crippen molar-refractivity contribution < 1.29 is 4.52 Å². The molecule has 2 heterocycles. The van der Waals surface area contributed by atoms with Crippen LogP contribution in [0, 0.1) is 6.92 Å². The number of nitrogens with one attached hydrogen (secondary N) is 1. The van der Waals surface area contributed by atoms with Crippen molar-refractivity contribution in [3.8, 4) is 33.6 Å². The molecule has 36 heavy (non-hydrogen) atoms. The molecule has 0 unspecified atom stereocenters. The number of aromatic amines is 1. The lowest BCUT2D eigenvalue weighted by molar-refractivity contribution is 0.388. The van der Waals surface area contributed by atoms with Gasteiger partial charge in [-0.25, -0.2) is 9.78 Å². The number of nitrogens with zero attached hydrogens (tertiary/aromatic N) is 3. The molecule has 1 N–H and O–H groups in total.